The molecule has 0 aliphatic heterocycles. The summed E-state index contributed by atoms with van der Waals surface area (Å²) in [6, 6.07) is 12.4. The standard InChI is InChI=1S/C16H13ClN4OS/c1-10(17)9-23-16-11(8-18)7-13(14(19)21-16)15(22)20-12-5-3-2-4-6-12/h2-7H,1,9H2,(H2,19,21)(H,20,22). The number of pyridine rings is 1. The van der Waals surface area contributed by atoms with Crippen LogP contribution in [0.2, 0.25) is 0 Å². The van der Waals surface area contributed by atoms with Crippen molar-refractivity contribution < 1.29 is 4.79 Å². The Bertz CT molecular complexity index is 787. The van der Waals surface area contributed by atoms with Crippen LogP contribution < -0.4 is 11.1 Å². The van der Waals surface area contributed by atoms with Crippen LogP contribution in [0.1, 0.15) is 15.9 Å². The molecular weight excluding hydrogens is 332 g/mol. The number of nitrogens with two attached hydrogens (primary N) is 1. The number of hydrogen-bond donors (Lipinski definition) is 2. The van der Waals surface area contributed by atoms with Crippen LogP contribution in [0, 0.1) is 11.3 Å². The number of halogens is 1. The number of carbonyl (C=O) groups excluding carboxylic acids is 1. The zero-order chi connectivity index (χ0) is 16.8. The quantitative estimate of drug-likeness (QED) is 0.808. The van der Waals surface area contributed by atoms with Crippen molar-refractivity contribution in [1.29, 1.82) is 5.26 Å². The van der Waals surface area contributed by atoms with Crippen molar-refractivity contribution >= 4 is 40.8 Å². The topological polar surface area (TPSA) is 91.8 Å². The molecule has 23 heavy (non-hydrogen) atoms. The molecule has 1 aromatic carbocycles. The Kier molecular flexibility index (Phi) is 5.63. The average Bonchev–Trinajstić information content (AvgIpc) is 2.53. The third kappa shape index (κ3) is 4.49. The van der Waals surface area contributed by atoms with Crippen LogP contribution in [0.15, 0.2) is 53.0 Å². The fraction of sp³-hybridized carbons (Fsp3) is 0.0625. The van der Waals surface area contributed by atoms with E-state index < -0.39 is 5.91 Å². The lowest BCUT2D eigenvalue weighted by Gasteiger charge is -2.10. The summed E-state index contributed by atoms with van der Waals surface area (Å²) in [6.07, 6.45) is 0. The zero-order valence-electron chi connectivity index (χ0n) is 12.0. The van der Waals surface area contributed by atoms with E-state index in [-0.39, 0.29) is 16.9 Å². The van der Waals surface area contributed by atoms with E-state index in [0.717, 1.165) is 0 Å². The van der Waals surface area contributed by atoms with Crippen molar-refractivity contribution in [3.63, 3.8) is 0 Å². The second kappa shape index (κ2) is 7.68. The number of nitrogens with one attached hydrogen (secondary N) is 1. The number of hydrogen-bond acceptors (Lipinski definition) is 5. The van der Waals surface area contributed by atoms with Crippen LogP contribution >= 0.6 is 23.4 Å². The maximum absolute atomic E-state index is 12.3. The Morgan fingerprint density at radius 3 is 2.74 bits per heavy atom. The smallest absolute Gasteiger partial charge is 0.259 e. The predicted octanol–water partition coefficient (Wildman–Crippen LogP) is 3.63. The number of para-hydroxylation sites is 1. The summed E-state index contributed by atoms with van der Waals surface area (Å²) in [6.45, 7) is 3.58. The highest BCUT2D eigenvalue weighted by Gasteiger charge is 2.16. The molecule has 0 aliphatic rings. The first-order valence-electron chi connectivity index (χ1n) is 6.54. The number of rotatable bonds is 5. The number of amides is 1. The molecule has 0 saturated carbocycles. The summed E-state index contributed by atoms with van der Waals surface area (Å²) >= 11 is 6.96. The van der Waals surface area contributed by atoms with Gasteiger partial charge >= 0.3 is 0 Å². The van der Waals surface area contributed by atoms with Crippen molar-refractivity contribution in [3.8, 4) is 6.07 Å². The fourth-order valence-corrected chi connectivity index (χ4v) is 2.63. The molecular formula is C16H13ClN4OS. The van der Waals surface area contributed by atoms with E-state index in [0.29, 0.717) is 21.5 Å². The largest absolute Gasteiger partial charge is 0.383 e. The molecule has 0 aliphatic carbocycles. The van der Waals surface area contributed by atoms with Crippen molar-refractivity contribution in [2.24, 2.45) is 0 Å². The molecule has 2 rings (SSSR count). The molecule has 0 atom stereocenters. The lowest BCUT2D eigenvalue weighted by atomic mass is 10.2. The molecule has 0 radical (unpaired) electrons. The highest BCUT2D eigenvalue weighted by Crippen LogP contribution is 2.26. The minimum atomic E-state index is -0.420. The number of nitrogen functional groups attached to an aromatic ring is 1. The lowest BCUT2D eigenvalue weighted by Crippen LogP contribution is -2.15. The Balaban J connectivity index is 2.27. The van der Waals surface area contributed by atoms with E-state index in [4.69, 9.17) is 17.3 Å². The lowest BCUT2D eigenvalue weighted by molar-refractivity contribution is 0.102. The van der Waals surface area contributed by atoms with Crippen LogP contribution in [0.3, 0.4) is 0 Å². The van der Waals surface area contributed by atoms with E-state index in [1.165, 1.54) is 17.8 Å². The molecule has 0 fully saturated rings. The Hall–Kier alpha value is -2.49. The maximum Gasteiger partial charge on any atom is 0.259 e. The first-order valence-corrected chi connectivity index (χ1v) is 7.90. The van der Waals surface area contributed by atoms with Gasteiger partial charge < -0.3 is 11.1 Å². The van der Waals surface area contributed by atoms with Gasteiger partial charge in [-0.25, -0.2) is 4.98 Å². The van der Waals surface area contributed by atoms with Gasteiger partial charge in [-0.2, -0.15) is 5.26 Å². The third-order valence-corrected chi connectivity index (χ3v) is 4.15. The summed E-state index contributed by atoms with van der Waals surface area (Å²) < 4.78 is 0. The van der Waals surface area contributed by atoms with Crippen molar-refractivity contribution in [2.75, 3.05) is 16.8 Å². The van der Waals surface area contributed by atoms with Gasteiger partial charge in [-0.05, 0) is 18.2 Å². The van der Waals surface area contributed by atoms with Gasteiger partial charge in [0.1, 0.15) is 16.9 Å². The Morgan fingerprint density at radius 1 is 1.43 bits per heavy atom. The van der Waals surface area contributed by atoms with Gasteiger partial charge in [0.2, 0.25) is 0 Å². The summed E-state index contributed by atoms with van der Waals surface area (Å²) in [4.78, 5) is 16.4. The number of nitrogens with zero attached hydrogens (tertiary/aromatic N) is 2. The first-order chi connectivity index (χ1) is 11.0. The van der Waals surface area contributed by atoms with Crippen molar-refractivity contribution in [1.82, 2.24) is 4.98 Å². The van der Waals surface area contributed by atoms with Crippen LogP contribution in [0.4, 0.5) is 11.5 Å². The van der Waals surface area contributed by atoms with Gasteiger partial charge in [-0.15, -0.1) is 0 Å². The zero-order valence-corrected chi connectivity index (χ0v) is 13.6. The number of nitriles is 1. The van der Waals surface area contributed by atoms with E-state index in [1.54, 1.807) is 24.3 Å². The normalized spacial score (nSPS) is 9.91. The molecule has 1 heterocycles. The van der Waals surface area contributed by atoms with Gasteiger partial charge in [0.25, 0.3) is 5.91 Å². The molecule has 0 unspecified atom stereocenters. The molecule has 7 heteroatoms. The highest BCUT2D eigenvalue weighted by molar-refractivity contribution is 7.99. The molecule has 1 amide bonds. The molecule has 3 N–H and O–H groups in total. The summed E-state index contributed by atoms with van der Waals surface area (Å²) in [7, 11) is 0. The molecule has 0 saturated heterocycles. The summed E-state index contributed by atoms with van der Waals surface area (Å²) in [5.41, 5.74) is 6.90. The number of aromatic nitrogens is 1. The second-order valence-corrected chi connectivity index (χ2v) is 6.01. The summed E-state index contributed by atoms with van der Waals surface area (Å²) in [5.74, 6) is 0.0363. The van der Waals surface area contributed by atoms with Gasteiger partial charge in [0, 0.05) is 16.5 Å². The van der Waals surface area contributed by atoms with Crippen molar-refractivity contribution in [2.45, 2.75) is 5.03 Å². The first kappa shape index (κ1) is 16.9. The van der Waals surface area contributed by atoms with E-state index in [9.17, 15) is 10.1 Å². The molecule has 2 aromatic rings. The predicted molar refractivity (Wildman–Crippen MR) is 93.5 cm³/mol. The Labute approximate surface area is 143 Å². The van der Waals surface area contributed by atoms with Crippen LogP contribution in [-0.2, 0) is 0 Å². The number of thioether (sulfide) groups is 1. The fourth-order valence-electron chi connectivity index (χ4n) is 1.75. The Morgan fingerprint density at radius 2 is 2.13 bits per heavy atom. The van der Waals surface area contributed by atoms with E-state index in [2.05, 4.69) is 16.9 Å². The molecule has 0 spiro atoms. The van der Waals surface area contributed by atoms with Gasteiger partial charge in [-0.3, -0.25) is 4.79 Å². The average molecular weight is 345 g/mol. The van der Waals surface area contributed by atoms with Crippen LogP contribution in [0.25, 0.3) is 0 Å². The monoisotopic (exact) mass is 344 g/mol. The van der Waals surface area contributed by atoms with Gasteiger partial charge in [0.15, 0.2) is 0 Å². The molecule has 5 nitrogen and oxygen atoms in total. The second-order valence-electron chi connectivity index (χ2n) is 4.51. The summed E-state index contributed by atoms with van der Waals surface area (Å²) in [5, 5.41) is 12.8. The van der Waals surface area contributed by atoms with E-state index >= 15 is 0 Å². The van der Waals surface area contributed by atoms with Gasteiger partial charge in [-0.1, -0.05) is 48.1 Å². The number of benzene rings is 1. The van der Waals surface area contributed by atoms with Crippen LogP contribution in [0.5, 0.6) is 0 Å². The van der Waals surface area contributed by atoms with Crippen LogP contribution in [-0.4, -0.2) is 16.6 Å². The maximum atomic E-state index is 12.3. The molecule has 116 valence electrons. The highest BCUT2D eigenvalue weighted by atomic mass is 35.5. The molecule has 1 aromatic heterocycles. The van der Waals surface area contributed by atoms with E-state index in [1.807, 2.05) is 12.1 Å². The minimum absolute atomic E-state index is 0.0557. The third-order valence-electron chi connectivity index (χ3n) is 2.78. The molecule has 0 bridgehead atoms. The van der Waals surface area contributed by atoms with Crippen molar-refractivity contribution in [3.05, 3.63) is 59.1 Å². The number of carbonyl (C=O) groups is 1. The van der Waals surface area contributed by atoms with Gasteiger partial charge in [0.05, 0.1) is 11.1 Å². The minimum Gasteiger partial charge on any atom is -0.383 e. The number of anilines is 2. The SMILES string of the molecule is C=C(Cl)CSc1nc(N)c(C(=O)Nc2ccccc2)cc1C#N.